The monoisotopic (exact) mass is 235 g/mol. The van der Waals surface area contributed by atoms with E-state index < -0.39 is 0 Å². The lowest BCUT2D eigenvalue weighted by Gasteiger charge is -2.12. The SMILES string of the molecule is CNc1cc(C(C)C)nc(CC2CCCO2)n1. The molecule has 1 fully saturated rings. The van der Waals surface area contributed by atoms with Crippen molar-refractivity contribution in [2.24, 2.45) is 0 Å². The van der Waals surface area contributed by atoms with Gasteiger partial charge in [-0.25, -0.2) is 9.97 Å². The number of nitrogens with zero attached hydrogens (tertiary/aromatic N) is 2. The van der Waals surface area contributed by atoms with Crippen molar-refractivity contribution in [1.82, 2.24) is 9.97 Å². The molecule has 1 N–H and O–H groups in total. The van der Waals surface area contributed by atoms with Crippen LogP contribution in [0.2, 0.25) is 0 Å². The smallest absolute Gasteiger partial charge is 0.133 e. The first-order valence-electron chi connectivity index (χ1n) is 6.36. The van der Waals surface area contributed by atoms with Gasteiger partial charge in [0.1, 0.15) is 11.6 Å². The van der Waals surface area contributed by atoms with Crippen LogP contribution >= 0.6 is 0 Å². The molecule has 0 aliphatic carbocycles. The molecule has 0 aromatic carbocycles. The van der Waals surface area contributed by atoms with Gasteiger partial charge >= 0.3 is 0 Å². The molecular formula is C13H21N3O. The summed E-state index contributed by atoms with van der Waals surface area (Å²) in [6.45, 7) is 5.18. The molecule has 1 unspecified atom stereocenters. The molecule has 4 nitrogen and oxygen atoms in total. The zero-order valence-corrected chi connectivity index (χ0v) is 10.9. The molecule has 0 amide bonds. The van der Waals surface area contributed by atoms with Crippen LogP contribution in [0.3, 0.4) is 0 Å². The van der Waals surface area contributed by atoms with Crippen LogP contribution in [0.4, 0.5) is 5.82 Å². The number of aromatic nitrogens is 2. The van der Waals surface area contributed by atoms with Gasteiger partial charge in [-0.1, -0.05) is 13.8 Å². The van der Waals surface area contributed by atoms with Crippen molar-refractivity contribution in [3.63, 3.8) is 0 Å². The molecule has 0 radical (unpaired) electrons. The third kappa shape index (κ3) is 3.16. The minimum Gasteiger partial charge on any atom is -0.378 e. The van der Waals surface area contributed by atoms with Gasteiger partial charge in [0.15, 0.2) is 0 Å². The first-order chi connectivity index (χ1) is 8.19. The van der Waals surface area contributed by atoms with E-state index in [1.807, 2.05) is 13.1 Å². The number of hydrogen-bond acceptors (Lipinski definition) is 4. The zero-order valence-electron chi connectivity index (χ0n) is 10.9. The molecule has 17 heavy (non-hydrogen) atoms. The van der Waals surface area contributed by atoms with Crippen molar-refractivity contribution in [2.75, 3.05) is 19.0 Å². The van der Waals surface area contributed by atoms with Gasteiger partial charge in [-0.05, 0) is 18.8 Å². The van der Waals surface area contributed by atoms with Crippen molar-refractivity contribution in [1.29, 1.82) is 0 Å². The van der Waals surface area contributed by atoms with Crippen molar-refractivity contribution < 1.29 is 4.74 Å². The van der Waals surface area contributed by atoms with Crippen LogP contribution in [0.5, 0.6) is 0 Å². The van der Waals surface area contributed by atoms with Gasteiger partial charge in [-0.15, -0.1) is 0 Å². The van der Waals surface area contributed by atoms with E-state index in [0.717, 1.165) is 43.2 Å². The van der Waals surface area contributed by atoms with Gasteiger partial charge in [0, 0.05) is 31.8 Å². The average Bonchev–Trinajstić information content (AvgIpc) is 2.81. The summed E-state index contributed by atoms with van der Waals surface area (Å²) in [6.07, 6.45) is 3.43. The van der Waals surface area contributed by atoms with Crippen LogP contribution in [0.1, 0.15) is 44.1 Å². The lowest BCUT2D eigenvalue weighted by Crippen LogP contribution is -2.13. The van der Waals surface area contributed by atoms with Gasteiger partial charge < -0.3 is 10.1 Å². The quantitative estimate of drug-likeness (QED) is 0.870. The molecular weight excluding hydrogens is 214 g/mol. The molecule has 94 valence electrons. The molecule has 1 saturated heterocycles. The van der Waals surface area contributed by atoms with Crippen molar-refractivity contribution in [3.05, 3.63) is 17.6 Å². The largest absolute Gasteiger partial charge is 0.378 e. The molecule has 1 aromatic rings. The summed E-state index contributed by atoms with van der Waals surface area (Å²) < 4.78 is 5.63. The molecule has 0 saturated carbocycles. The van der Waals surface area contributed by atoms with E-state index in [0.29, 0.717) is 12.0 Å². The minimum absolute atomic E-state index is 0.308. The van der Waals surface area contributed by atoms with E-state index in [9.17, 15) is 0 Å². The summed E-state index contributed by atoms with van der Waals surface area (Å²) in [6, 6.07) is 2.02. The standard InChI is InChI=1S/C13H21N3O/c1-9(2)11-8-12(14-3)16-13(15-11)7-10-5-4-6-17-10/h8-10H,4-7H2,1-3H3,(H,14,15,16). The second-order valence-corrected chi connectivity index (χ2v) is 4.84. The van der Waals surface area contributed by atoms with Crippen LogP contribution in [0.25, 0.3) is 0 Å². The Kier molecular flexibility index (Phi) is 3.94. The maximum Gasteiger partial charge on any atom is 0.133 e. The molecule has 1 aromatic heterocycles. The lowest BCUT2D eigenvalue weighted by atomic mass is 10.1. The summed E-state index contributed by atoms with van der Waals surface area (Å²) in [4.78, 5) is 9.11. The molecule has 2 rings (SSSR count). The Labute approximate surface area is 103 Å². The van der Waals surface area contributed by atoms with E-state index in [-0.39, 0.29) is 0 Å². The van der Waals surface area contributed by atoms with Crippen LogP contribution in [0.15, 0.2) is 6.07 Å². The molecule has 2 heterocycles. The number of anilines is 1. The van der Waals surface area contributed by atoms with Crippen molar-refractivity contribution >= 4 is 5.82 Å². The maximum atomic E-state index is 5.63. The van der Waals surface area contributed by atoms with Crippen LogP contribution < -0.4 is 5.32 Å². The van der Waals surface area contributed by atoms with Crippen molar-refractivity contribution in [2.45, 2.75) is 45.1 Å². The van der Waals surface area contributed by atoms with Gasteiger partial charge in [-0.3, -0.25) is 0 Å². The van der Waals surface area contributed by atoms with Gasteiger partial charge in [0.25, 0.3) is 0 Å². The normalized spacial score (nSPS) is 19.9. The third-order valence-electron chi connectivity index (χ3n) is 3.07. The Morgan fingerprint density at radius 1 is 1.47 bits per heavy atom. The fraction of sp³-hybridized carbons (Fsp3) is 0.692. The number of ether oxygens (including phenoxy) is 1. The maximum absolute atomic E-state index is 5.63. The lowest BCUT2D eigenvalue weighted by molar-refractivity contribution is 0.110. The fourth-order valence-electron chi connectivity index (χ4n) is 2.04. The highest BCUT2D eigenvalue weighted by atomic mass is 16.5. The molecule has 1 aliphatic rings. The second-order valence-electron chi connectivity index (χ2n) is 4.84. The molecule has 1 atom stereocenters. The van der Waals surface area contributed by atoms with Gasteiger partial charge in [0.2, 0.25) is 0 Å². The van der Waals surface area contributed by atoms with Crippen LogP contribution in [-0.4, -0.2) is 29.7 Å². The van der Waals surface area contributed by atoms with E-state index in [4.69, 9.17) is 4.74 Å². The predicted octanol–water partition coefficient (Wildman–Crippen LogP) is 2.36. The minimum atomic E-state index is 0.308. The average molecular weight is 235 g/mol. The molecule has 0 spiro atoms. The van der Waals surface area contributed by atoms with Crippen LogP contribution in [0, 0.1) is 0 Å². The Morgan fingerprint density at radius 2 is 2.29 bits per heavy atom. The highest BCUT2D eigenvalue weighted by Gasteiger charge is 2.18. The topological polar surface area (TPSA) is 47.0 Å². The second kappa shape index (κ2) is 5.45. The summed E-state index contributed by atoms with van der Waals surface area (Å²) in [5, 5.41) is 3.10. The van der Waals surface area contributed by atoms with Crippen LogP contribution in [-0.2, 0) is 11.2 Å². The number of hydrogen-bond donors (Lipinski definition) is 1. The third-order valence-corrected chi connectivity index (χ3v) is 3.07. The number of nitrogens with one attached hydrogen (secondary N) is 1. The Hall–Kier alpha value is -1.16. The fourth-order valence-corrected chi connectivity index (χ4v) is 2.04. The first-order valence-corrected chi connectivity index (χ1v) is 6.36. The summed E-state index contributed by atoms with van der Waals surface area (Å²) in [5.74, 6) is 2.22. The highest BCUT2D eigenvalue weighted by molar-refractivity contribution is 5.36. The summed E-state index contributed by atoms with van der Waals surface area (Å²) in [7, 11) is 1.89. The van der Waals surface area contributed by atoms with E-state index in [1.54, 1.807) is 0 Å². The molecule has 4 heteroatoms. The van der Waals surface area contributed by atoms with Crippen molar-refractivity contribution in [3.8, 4) is 0 Å². The summed E-state index contributed by atoms with van der Waals surface area (Å²) in [5.41, 5.74) is 1.09. The van der Waals surface area contributed by atoms with E-state index in [2.05, 4.69) is 29.1 Å². The van der Waals surface area contributed by atoms with Gasteiger partial charge in [-0.2, -0.15) is 0 Å². The van der Waals surface area contributed by atoms with E-state index >= 15 is 0 Å². The zero-order chi connectivity index (χ0) is 12.3. The molecule has 0 bridgehead atoms. The Balaban J connectivity index is 2.16. The Morgan fingerprint density at radius 3 is 2.88 bits per heavy atom. The first kappa shape index (κ1) is 12.3. The van der Waals surface area contributed by atoms with E-state index in [1.165, 1.54) is 0 Å². The Bertz CT molecular complexity index is 373. The number of rotatable bonds is 4. The highest BCUT2D eigenvalue weighted by Crippen LogP contribution is 2.19. The predicted molar refractivity (Wildman–Crippen MR) is 68.3 cm³/mol. The summed E-state index contributed by atoms with van der Waals surface area (Å²) >= 11 is 0. The molecule has 1 aliphatic heterocycles. The van der Waals surface area contributed by atoms with Gasteiger partial charge in [0.05, 0.1) is 6.10 Å².